The Morgan fingerprint density at radius 3 is 2.71 bits per heavy atom. The van der Waals surface area contributed by atoms with Gasteiger partial charge in [-0.15, -0.1) is 12.4 Å². The number of carbonyl (C=O) groups excluding carboxylic acids is 2. The van der Waals surface area contributed by atoms with Crippen LogP contribution < -0.4 is 16.0 Å². The molecule has 7 heteroatoms. The molecule has 1 spiro atoms. The van der Waals surface area contributed by atoms with Gasteiger partial charge in [-0.05, 0) is 37.3 Å². The van der Waals surface area contributed by atoms with Gasteiger partial charge in [0.25, 0.3) is 0 Å². The summed E-state index contributed by atoms with van der Waals surface area (Å²) in [6.07, 6.45) is 2.34. The summed E-state index contributed by atoms with van der Waals surface area (Å²) in [5, 5.41) is 8.48. The van der Waals surface area contributed by atoms with Crippen LogP contribution in [0.1, 0.15) is 26.7 Å². The van der Waals surface area contributed by atoms with E-state index in [0.29, 0.717) is 24.4 Å². The lowest BCUT2D eigenvalue weighted by atomic mass is 9.87. The van der Waals surface area contributed by atoms with Crippen LogP contribution in [0.5, 0.6) is 0 Å². The van der Waals surface area contributed by atoms with Crippen molar-refractivity contribution in [3.63, 3.8) is 0 Å². The van der Waals surface area contributed by atoms with Gasteiger partial charge in [-0.1, -0.05) is 13.8 Å². The van der Waals surface area contributed by atoms with Crippen LogP contribution >= 0.6 is 12.4 Å². The predicted molar refractivity (Wildman–Crippen MR) is 84.6 cm³/mol. The molecular formula is C14H27ClN4O2. The van der Waals surface area contributed by atoms with Gasteiger partial charge in [0.15, 0.2) is 0 Å². The molecule has 2 aliphatic rings. The zero-order valence-electron chi connectivity index (χ0n) is 12.9. The first-order valence-corrected chi connectivity index (χ1v) is 7.50. The fraction of sp³-hybridized carbons (Fsp3) is 0.857. The van der Waals surface area contributed by atoms with Crippen molar-refractivity contribution in [3.8, 4) is 0 Å². The Labute approximate surface area is 132 Å². The van der Waals surface area contributed by atoms with E-state index in [-0.39, 0.29) is 24.3 Å². The van der Waals surface area contributed by atoms with Gasteiger partial charge < -0.3 is 10.6 Å². The van der Waals surface area contributed by atoms with Crippen molar-refractivity contribution < 1.29 is 9.59 Å². The maximum absolute atomic E-state index is 11.8. The van der Waals surface area contributed by atoms with E-state index in [2.05, 4.69) is 20.9 Å². The summed E-state index contributed by atoms with van der Waals surface area (Å²) in [5.41, 5.74) is 0.361. The molecule has 2 aliphatic heterocycles. The molecule has 6 nitrogen and oxygen atoms in total. The van der Waals surface area contributed by atoms with Crippen LogP contribution in [0.15, 0.2) is 0 Å². The fourth-order valence-electron chi connectivity index (χ4n) is 3.02. The summed E-state index contributed by atoms with van der Waals surface area (Å²) in [4.78, 5) is 25.5. The van der Waals surface area contributed by atoms with Crippen LogP contribution in [-0.2, 0) is 4.79 Å². The lowest BCUT2D eigenvalue weighted by Crippen LogP contribution is -2.45. The molecule has 0 aromatic rings. The number of carbonyl (C=O) groups is 2. The zero-order valence-corrected chi connectivity index (χ0v) is 13.7. The van der Waals surface area contributed by atoms with Crippen LogP contribution in [0.2, 0.25) is 0 Å². The molecule has 1 unspecified atom stereocenters. The summed E-state index contributed by atoms with van der Waals surface area (Å²) in [6.45, 7) is 8.97. The molecule has 0 aliphatic carbocycles. The number of halogens is 1. The van der Waals surface area contributed by atoms with E-state index >= 15 is 0 Å². The Morgan fingerprint density at radius 1 is 1.33 bits per heavy atom. The summed E-state index contributed by atoms with van der Waals surface area (Å²) >= 11 is 0. The van der Waals surface area contributed by atoms with Crippen LogP contribution in [-0.4, -0.2) is 56.1 Å². The molecule has 3 amide bonds. The molecule has 0 saturated carbocycles. The van der Waals surface area contributed by atoms with Gasteiger partial charge in [0.05, 0.1) is 6.54 Å². The largest absolute Gasteiger partial charge is 0.338 e. The normalized spacial score (nSPS) is 25.1. The average Bonchev–Trinajstić information content (AvgIpc) is 2.98. The molecular weight excluding hydrogens is 292 g/mol. The smallest absolute Gasteiger partial charge is 0.321 e. The van der Waals surface area contributed by atoms with Gasteiger partial charge in [0.1, 0.15) is 0 Å². The summed E-state index contributed by atoms with van der Waals surface area (Å²) in [7, 11) is 0. The number of nitrogens with one attached hydrogen (secondary N) is 3. The third kappa shape index (κ3) is 5.45. The Morgan fingerprint density at radius 2 is 2.10 bits per heavy atom. The molecule has 2 saturated heterocycles. The number of imide groups is 1. The Kier molecular flexibility index (Phi) is 6.90. The predicted octanol–water partition coefficient (Wildman–Crippen LogP) is 0.575. The second kappa shape index (κ2) is 7.96. The first-order chi connectivity index (χ1) is 9.49. The molecule has 21 heavy (non-hydrogen) atoms. The van der Waals surface area contributed by atoms with Crippen molar-refractivity contribution in [1.82, 2.24) is 20.9 Å². The highest BCUT2D eigenvalue weighted by molar-refractivity contribution is 5.95. The topological polar surface area (TPSA) is 73.5 Å². The van der Waals surface area contributed by atoms with E-state index < -0.39 is 0 Å². The van der Waals surface area contributed by atoms with Gasteiger partial charge in [-0.3, -0.25) is 15.0 Å². The Bertz CT molecular complexity index is 370. The maximum atomic E-state index is 11.8. The molecule has 2 rings (SSSR count). The van der Waals surface area contributed by atoms with Gasteiger partial charge >= 0.3 is 6.03 Å². The van der Waals surface area contributed by atoms with Crippen molar-refractivity contribution in [2.75, 3.05) is 39.3 Å². The first kappa shape index (κ1) is 18.2. The first-order valence-electron chi connectivity index (χ1n) is 7.50. The maximum Gasteiger partial charge on any atom is 0.321 e. The zero-order chi connectivity index (χ0) is 14.6. The van der Waals surface area contributed by atoms with Gasteiger partial charge in [0, 0.05) is 19.6 Å². The molecule has 2 heterocycles. The third-order valence-corrected chi connectivity index (χ3v) is 4.14. The third-order valence-electron chi connectivity index (χ3n) is 4.14. The quantitative estimate of drug-likeness (QED) is 0.709. The molecule has 1 atom stereocenters. The lowest BCUT2D eigenvalue weighted by molar-refractivity contribution is -0.121. The highest BCUT2D eigenvalue weighted by atomic mass is 35.5. The average molecular weight is 319 g/mol. The fourth-order valence-corrected chi connectivity index (χ4v) is 3.02. The molecule has 0 aromatic heterocycles. The van der Waals surface area contributed by atoms with Gasteiger partial charge in [-0.25, -0.2) is 4.79 Å². The minimum Gasteiger partial charge on any atom is -0.338 e. The van der Waals surface area contributed by atoms with E-state index in [4.69, 9.17) is 0 Å². The van der Waals surface area contributed by atoms with E-state index in [0.717, 1.165) is 32.6 Å². The number of nitrogens with zero attached hydrogens (tertiary/aromatic N) is 1. The molecule has 0 radical (unpaired) electrons. The van der Waals surface area contributed by atoms with E-state index in [1.807, 2.05) is 13.8 Å². The van der Waals surface area contributed by atoms with Crippen molar-refractivity contribution in [2.24, 2.45) is 11.3 Å². The number of rotatable bonds is 4. The van der Waals surface area contributed by atoms with Crippen molar-refractivity contribution in [1.29, 1.82) is 0 Å². The van der Waals surface area contributed by atoms with Crippen LogP contribution in [0.4, 0.5) is 4.79 Å². The molecule has 122 valence electrons. The van der Waals surface area contributed by atoms with E-state index in [1.165, 1.54) is 6.42 Å². The Balaban J connectivity index is 0.00000220. The number of urea groups is 1. The van der Waals surface area contributed by atoms with Crippen LogP contribution in [0.25, 0.3) is 0 Å². The molecule has 2 fully saturated rings. The second-order valence-corrected chi connectivity index (χ2v) is 6.54. The highest BCUT2D eigenvalue weighted by Crippen LogP contribution is 2.35. The van der Waals surface area contributed by atoms with Crippen molar-refractivity contribution in [2.45, 2.75) is 26.7 Å². The van der Waals surface area contributed by atoms with Gasteiger partial charge in [-0.2, -0.15) is 0 Å². The van der Waals surface area contributed by atoms with Gasteiger partial charge in [0.2, 0.25) is 5.91 Å². The van der Waals surface area contributed by atoms with Crippen LogP contribution in [0, 0.1) is 11.3 Å². The second-order valence-electron chi connectivity index (χ2n) is 6.54. The summed E-state index contributed by atoms with van der Waals surface area (Å²) < 4.78 is 0. The minimum absolute atomic E-state index is 0. The van der Waals surface area contributed by atoms with E-state index in [1.54, 1.807) is 0 Å². The number of likely N-dealkylation sites (tertiary alicyclic amines) is 1. The number of hydrogen-bond acceptors (Lipinski definition) is 4. The number of amides is 3. The number of hydrogen-bond donors (Lipinski definition) is 3. The summed E-state index contributed by atoms with van der Waals surface area (Å²) in [5.74, 6) is 0.165. The van der Waals surface area contributed by atoms with Crippen molar-refractivity contribution >= 4 is 24.3 Å². The Hall–Kier alpha value is -0.850. The summed E-state index contributed by atoms with van der Waals surface area (Å²) in [6, 6.07) is -0.389. The monoisotopic (exact) mass is 318 g/mol. The van der Waals surface area contributed by atoms with Crippen LogP contribution in [0.3, 0.4) is 0 Å². The standard InChI is InChI=1S/C14H26N4O2.ClH/c1-11(2)7-16-13(20)17-12(19)8-18-6-4-14(10-18)3-5-15-9-14;/h11,15H,3-10H2,1-2H3,(H2,16,17,19,20);1H. The van der Waals surface area contributed by atoms with Crippen molar-refractivity contribution in [3.05, 3.63) is 0 Å². The lowest BCUT2D eigenvalue weighted by Gasteiger charge is -2.22. The molecule has 3 N–H and O–H groups in total. The molecule has 0 bridgehead atoms. The van der Waals surface area contributed by atoms with E-state index in [9.17, 15) is 9.59 Å². The molecule has 0 aromatic carbocycles. The highest BCUT2D eigenvalue weighted by Gasteiger charge is 2.40. The SMILES string of the molecule is CC(C)CNC(=O)NC(=O)CN1CCC2(CCNC2)C1.Cl. The minimum atomic E-state index is -0.389.